The molecule has 2 aliphatic rings. The smallest absolute Gasteiger partial charge is 0.236 e. The molecule has 2 aliphatic heterocycles. The lowest BCUT2D eigenvalue weighted by molar-refractivity contribution is -0.122. The van der Waals surface area contributed by atoms with E-state index >= 15 is 0 Å². The summed E-state index contributed by atoms with van der Waals surface area (Å²) in [6.45, 7) is 0. The van der Waals surface area contributed by atoms with Crippen LogP contribution in [-0.2, 0) is 9.59 Å². The number of fused-ring (bicyclic) bond motifs is 2. The summed E-state index contributed by atoms with van der Waals surface area (Å²) < 4.78 is 5.22. The van der Waals surface area contributed by atoms with Crippen LogP contribution in [0.2, 0.25) is 0 Å². The van der Waals surface area contributed by atoms with E-state index in [0.717, 1.165) is 0 Å². The van der Waals surface area contributed by atoms with Gasteiger partial charge in [-0.2, -0.15) is 0 Å². The number of rotatable bonds is 4. The van der Waals surface area contributed by atoms with Gasteiger partial charge in [0.1, 0.15) is 17.6 Å². The van der Waals surface area contributed by atoms with E-state index in [0.29, 0.717) is 33.8 Å². The molecule has 1 unspecified atom stereocenters. The fraction of sp³-hybridized carbons (Fsp3) is 0.154. The molecule has 0 aliphatic carbocycles. The highest BCUT2D eigenvalue weighted by Crippen LogP contribution is 2.43. The third-order valence-corrected chi connectivity index (χ3v) is 6.25. The van der Waals surface area contributed by atoms with Crippen molar-refractivity contribution in [3.8, 4) is 5.75 Å². The maximum atomic E-state index is 13.5. The minimum atomic E-state index is -1.25. The SMILES string of the molecule is COc1ccc(C([C@@H]2C(=O)Nc3ccccc3C2=O)[C@H]2C(=O)Nc3ccccc3C2=O)cc1. The molecule has 3 aromatic carbocycles. The van der Waals surface area contributed by atoms with Crippen molar-refractivity contribution >= 4 is 34.8 Å². The molecule has 7 heteroatoms. The van der Waals surface area contributed by atoms with E-state index in [-0.39, 0.29) is 0 Å². The average Bonchev–Trinajstić information content (AvgIpc) is 2.83. The molecule has 164 valence electrons. The van der Waals surface area contributed by atoms with Gasteiger partial charge in [0.15, 0.2) is 11.6 Å². The summed E-state index contributed by atoms with van der Waals surface area (Å²) in [6, 6.07) is 20.2. The summed E-state index contributed by atoms with van der Waals surface area (Å²) in [5.41, 5.74) is 2.06. The lowest BCUT2D eigenvalue weighted by Crippen LogP contribution is -2.47. The van der Waals surface area contributed by atoms with Gasteiger partial charge >= 0.3 is 0 Å². The zero-order valence-electron chi connectivity index (χ0n) is 17.7. The summed E-state index contributed by atoms with van der Waals surface area (Å²) in [5, 5.41) is 5.55. The molecule has 2 heterocycles. The van der Waals surface area contributed by atoms with Gasteiger partial charge in [0.05, 0.1) is 18.5 Å². The van der Waals surface area contributed by atoms with Crippen LogP contribution in [0.15, 0.2) is 72.8 Å². The number of carbonyl (C=O) groups excluding carboxylic acids is 4. The average molecular weight is 440 g/mol. The van der Waals surface area contributed by atoms with E-state index in [1.165, 1.54) is 7.11 Å². The second kappa shape index (κ2) is 8.02. The standard InChI is InChI=1S/C26H20N2O5/c1-33-15-12-10-14(11-13-15)20(21-23(29)16-6-2-4-8-18(16)27-25(21)31)22-24(30)17-7-3-5-9-19(17)28-26(22)32/h2-13,20-22H,1H3,(H,27,31)(H,28,32)/t20?,21-,22+. The van der Waals surface area contributed by atoms with Gasteiger partial charge in [0.25, 0.3) is 0 Å². The third kappa shape index (κ3) is 3.38. The minimum Gasteiger partial charge on any atom is -0.497 e. The Kier molecular flexibility index (Phi) is 5.01. The van der Waals surface area contributed by atoms with Crippen LogP contribution < -0.4 is 15.4 Å². The first kappa shape index (κ1) is 20.6. The Bertz CT molecular complexity index is 1220. The molecule has 0 aromatic heterocycles. The van der Waals surface area contributed by atoms with Gasteiger partial charge in [0, 0.05) is 17.0 Å². The van der Waals surface area contributed by atoms with Gasteiger partial charge in [-0.1, -0.05) is 36.4 Å². The minimum absolute atomic E-state index is 0.352. The number of benzene rings is 3. The maximum Gasteiger partial charge on any atom is 0.236 e. The third-order valence-electron chi connectivity index (χ3n) is 6.25. The number of carbonyl (C=O) groups is 4. The Balaban J connectivity index is 1.66. The summed E-state index contributed by atoms with van der Waals surface area (Å²) in [7, 11) is 1.52. The number of ether oxygens (including phenoxy) is 1. The number of amides is 2. The molecule has 3 atom stereocenters. The molecule has 33 heavy (non-hydrogen) atoms. The predicted octanol–water partition coefficient (Wildman–Crippen LogP) is 3.68. The van der Waals surface area contributed by atoms with Crippen LogP contribution in [0.25, 0.3) is 0 Å². The predicted molar refractivity (Wildman–Crippen MR) is 122 cm³/mol. The first-order chi connectivity index (χ1) is 16.0. The van der Waals surface area contributed by atoms with Gasteiger partial charge in [-0.25, -0.2) is 0 Å². The largest absolute Gasteiger partial charge is 0.497 e. The zero-order valence-corrected chi connectivity index (χ0v) is 17.7. The van der Waals surface area contributed by atoms with E-state index in [1.54, 1.807) is 72.8 Å². The summed E-state index contributed by atoms with van der Waals surface area (Å²) in [4.78, 5) is 53.5. The highest BCUT2D eigenvalue weighted by Gasteiger charge is 2.50. The Hall–Kier alpha value is -4.26. The van der Waals surface area contributed by atoms with Gasteiger partial charge in [-0.15, -0.1) is 0 Å². The van der Waals surface area contributed by atoms with Crippen molar-refractivity contribution in [3.63, 3.8) is 0 Å². The van der Waals surface area contributed by atoms with Crippen LogP contribution in [0.1, 0.15) is 32.2 Å². The lowest BCUT2D eigenvalue weighted by Gasteiger charge is -2.35. The van der Waals surface area contributed by atoms with Crippen molar-refractivity contribution < 1.29 is 23.9 Å². The number of hydrogen-bond acceptors (Lipinski definition) is 5. The Morgan fingerprint density at radius 2 is 1.12 bits per heavy atom. The number of methoxy groups -OCH3 is 1. The molecule has 0 fully saturated rings. The van der Waals surface area contributed by atoms with Gasteiger partial charge in [-0.3, -0.25) is 19.2 Å². The number of hydrogen-bond donors (Lipinski definition) is 2. The molecule has 0 bridgehead atoms. The molecular weight excluding hydrogens is 420 g/mol. The van der Waals surface area contributed by atoms with Gasteiger partial charge in [0.2, 0.25) is 11.8 Å². The second-order valence-electron chi connectivity index (χ2n) is 8.05. The number of ketones is 2. The van der Waals surface area contributed by atoms with Gasteiger partial charge < -0.3 is 15.4 Å². The van der Waals surface area contributed by atoms with E-state index < -0.39 is 41.1 Å². The van der Waals surface area contributed by atoms with Crippen LogP contribution in [0.3, 0.4) is 0 Å². The number of anilines is 2. The highest BCUT2D eigenvalue weighted by atomic mass is 16.5. The van der Waals surface area contributed by atoms with E-state index in [1.807, 2.05) is 0 Å². The first-order valence-corrected chi connectivity index (χ1v) is 10.5. The van der Waals surface area contributed by atoms with Crippen LogP contribution in [0.4, 0.5) is 11.4 Å². The number of Topliss-reactive ketones (excluding diaryl/α,β-unsaturated/α-hetero) is 2. The zero-order chi connectivity index (χ0) is 23.1. The Morgan fingerprint density at radius 1 is 0.667 bits per heavy atom. The normalized spacial score (nSPS) is 20.3. The number of para-hydroxylation sites is 2. The molecule has 7 nitrogen and oxygen atoms in total. The van der Waals surface area contributed by atoms with Gasteiger partial charge in [-0.05, 0) is 42.0 Å². The topological polar surface area (TPSA) is 102 Å². The monoisotopic (exact) mass is 440 g/mol. The molecular formula is C26H20N2O5. The second-order valence-corrected chi connectivity index (χ2v) is 8.05. The van der Waals surface area contributed by atoms with Crippen LogP contribution in [0, 0.1) is 11.8 Å². The van der Waals surface area contributed by atoms with Crippen molar-refractivity contribution in [3.05, 3.63) is 89.5 Å². The molecule has 0 spiro atoms. The van der Waals surface area contributed by atoms with E-state index in [2.05, 4.69) is 10.6 Å². The van der Waals surface area contributed by atoms with Crippen LogP contribution in [0.5, 0.6) is 5.75 Å². The lowest BCUT2D eigenvalue weighted by atomic mass is 9.68. The van der Waals surface area contributed by atoms with Crippen molar-refractivity contribution in [1.29, 1.82) is 0 Å². The van der Waals surface area contributed by atoms with Crippen molar-refractivity contribution in [2.75, 3.05) is 17.7 Å². The fourth-order valence-electron chi connectivity index (χ4n) is 4.66. The molecule has 0 radical (unpaired) electrons. The van der Waals surface area contributed by atoms with Crippen LogP contribution in [-0.4, -0.2) is 30.5 Å². The summed E-state index contributed by atoms with van der Waals surface area (Å²) in [5.74, 6) is -4.86. The molecule has 0 saturated carbocycles. The molecule has 2 amide bonds. The van der Waals surface area contributed by atoms with Crippen molar-refractivity contribution in [2.45, 2.75) is 5.92 Å². The molecule has 0 saturated heterocycles. The van der Waals surface area contributed by atoms with E-state index in [4.69, 9.17) is 4.74 Å². The van der Waals surface area contributed by atoms with Crippen molar-refractivity contribution in [2.24, 2.45) is 11.8 Å². The van der Waals surface area contributed by atoms with E-state index in [9.17, 15) is 19.2 Å². The molecule has 5 rings (SSSR count). The summed E-state index contributed by atoms with van der Waals surface area (Å²) in [6.07, 6.45) is 0. The molecule has 2 N–H and O–H groups in total. The Morgan fingerprint density at radius 3 is 1.58 bits per heavy atom. The number of nitrogens with one attached hydrogen (secondary N) is 2. The first-order valence-electron chi connectivity index (χ1n) is 10.5. The fourth-order valence-corrected chi connectivity index (χ4v) is 4.66. The maximum absolute atomic E-state index is 13.5. The van der Waals surface area contributed by atoms with Crippen molar-refractivity contribution in [1.82, 2.24) is 0 Å². The Labute approximate surface area is 189 Å². The molecule has 3 aromatic rings. The quantitative estimate of drug-likeness (QED) is 0.603. The highest BCUT2D eigenvalue weighted by molar-refractivity contribution is 6.25. The van der Waals surface area contributed by atoms with Crippen LogP contribution >= 0.6 is 0 Å². The summed E-state index contributed by atoms with van der Waals surface area (Å²) >= 11 is 0.